The highest BCUT2D eigenvalue weighted by Gasteiger charge is 2.29. The average Bonchev–Trinajstić information content (AvgIpc) is 3.18. The molecule has 2 N–H and O–H groups in total. The summed E-state index contributed by atoms with van der Waals surface area (Å²) in [5, 5.41) is 14.4. The van der Waals surface area contributed by atoms with E-state index in [0.29, 0.717) is 18.2 Å². The van der Waals surface area contributed by atoms with Crippen LogP contribution in [0.4, 0.5) is 0 Å². The van der Waals surface area contributed by atoms with E-state index in [1.165, 1.54) is 17.2 Å². The molecule has 0 heterocycles. The number of ether oxygens (including phenoxy) is 2. The lowest BCUT2D eigenvalue weighted by molar-refractivity contribution is -0.134. The third-order valence-electron chi connectivity index (χ3n) is 6.10. The van der Waals surface area contributed by atoms with E-state index in [2.05, 4.69) is 43.4 Å². The first kappa shape index (κ1) is 28.7. The summed E-state index contributed by atoms with van der Waals surface area (Å²) in [5.41, 5.74) is 2.77. The molecule has 0 spiro atoms. The number of aliphatic hydroxyl groups is 1. The molecular formula is C26H34Cl3NO4. The van der Waals surface area contributed by atoms with Gasteiger partial charge in [-0.2, -0.15) is 0 Å². The molecule has 2 atom stereocenters. The zero-order valence-electron chi connectivity index (χ0n) is 20.1. The molecule has 0 aromatic heterocycles. The molecule has 0 amide bonds. The molecule has 0 saturated heterocycles. The molecule has 1 aliphatic rings. The lowest BCUT2D eigenvalue weighted by Gasteiger charge is -2.32. The number of esters is 1. The van der Waals surface area contributed by atoms with Crippen LogP contribution in [0.15, 0.2) is 36.4 Å². The monoisotopic (exact) mass is 529 g/mol. The largest absolute Gasteiger partial charge is 0.486 e. The van der Waals surface area contributed by atoms with Crippen molar-refractivity contribution in [3.63, 3.8) is 0 Å². The highest BCUT2D eigenvalue weighted by atomic mass is 35.5. The SMILES string of the molecule is CCC(=O)Oc1ccc(O[C@H](C)[C@H](O)CNC(C)(C)CC2Cc3ccccc3C2)c(Cl)c1Cl.Cl. The molecule has 8 heteroatoms. The zero-order valence-corrected chi connectivity index (χ0v) is 22.4. The van der Waals surface area contributed by atoms with E-state index in [-0.39, 0.29) is 40.2 Å². The number of fused-ring (bicyclic) bond motifs is 1. The minimum Gasteiger partial charge on any atom is -0.486 e. The quantitative estimate of drug-likeness (QED) is 0.290. The molecule has 0 bridgehead atoms. The average molecular weight is 531 g/mol. The van der Waals surface area contributed by atoms with Crippen molar-refractivity contribution in [1.29, 1.82) is 0 Å². The Morgan fingerprint density at radius 2 is 1.68 bits per heavy atom. The minimum atomic E-state index is -0.752. The van der Waals surface area contributed by atoms with Gasteiger partial charge in [-0.3, -0.25) is 4.79 Å². The first-order valence-electron chi connectivity index (χ1n) is 11.4. The molecule has 0 unspecified atom stereocenters. The second kappa shape index (κ2) is 12.5. The van der Waals surface area contributed by atoms with E-state index in [0.717, 1.165) is 19.3 Å². The van der Waals surface area contributed by atoms with Gasteiger partial charge in [-0.25, -0.2) is 0 Å². The van der Waals surface area contributed by atoms with Crippen molar-refractivity contribution in [3.05, 3.63) is 57.6 Å². The number of rotatable bonds is 10. The van der Waals surface area contributed by atoms with Crippen molar-refractivity contribution in [2.75, 3.05) is 6.54 Å². The summed E-state index contributed by atoms with van der Waals surface area (Å²) in [7, 11) is 0. The maximum absolute atomic E-state index is 11.5. The molecule has 1 aliphatic carbocycles. The van der Waals surface area contributed by atoms with E-state index in [1.54, 1.807) is 19.9 Å². The third kappa shape index (κ3) is 7.50. The van der Waals surface area contributed by atoms with Gasteiger partial charge in [0, 0.05) is 18.5 Å². The summed E-state index contributed by atoms with van der Waals surface area (Å²) in [6, 6.07) is 11.8. The second-order valence-electron chi connectivity index (χ2n) is 9.42. The van der Waals surface area contributed by atoms with Gasteiger partial charge in [0.05, 0.1) is 0 Å². The predicted molar refractivity (Wildman–Crippen MR) is 140 cm³/mol. The third-order valence-corrected chi connectivity index (χ3v) is 6.95. The molecular weight excluding hydrogens is 497 g/mol. The lowest BCUT2D eigenvalue weighted by Crippen LogP contribution is -2.48. The topological polar surface area (TPSA) is 67.8 Å². The molecule has 3 rings (SSSR count). The number of nitrogens with one attached hydrogen (secondary N) is 1. The fourth-order valence-corrected chi connectivity index (χ4v) is 4.69. The first-order chi connectivity index (χ1) is 15.6. The van der Waals surface area contributed by atoms with Crippen LogP contribution in [0.25, 0.3) is 0 Å². The van der Waals surface area contributed by atoms with Crippen LogP contribution >= 0.6 is 35.6 Å². The van der Waals surface area contributed by atoms with E-state index >= 15 is 0 Å². The van der Waals surface area contributed by atoms with Crippen LogP contribution < -0.4 is 14.8 Å². The fraction of sp³-hybridized carbons (Fsp3) is 0.500. The van der Waals surface area contributed by atoms with Gasteiger partial charge in [0.25, 0.3) is 0 Å². The molecule has 188 valence electrons. The van der Waals surface area contributed by atoms with Gasteiger partial charge in [0.15, 0.2) is 5.75 Å². The fourth-order valence-electron chi connectivity index (χ4n) is 4.29. The normalized spacial score (nSPS) is 15.3. The van der Waals surface area contributed by atoms with Gasteiger partial charge in [0.2, 0.25) is 0 Å². The van der Waals surface area contributed by atoms with Gasteiger partial charge in [-0.15, -0.1) is 12.4 Å². The molecule has 34 heavy (non-hydrogen) atoms. The number of β-amino-alcohol motifs (C(OH)–C–C–N with tert-alkyl or cyclic N) is 1. The van der Waals surface area contributed by atoms with Gasteiger partial charge in [-0.05, 0) is 69.2 Å². The summed E-state index contributed by atoms with van der Waals surface area (Å²) in [6.07, 6.45) is 2.17. The highest BCUT2D eigenvalue weighted by Crippen LogP contribution is 2.39. The van der Waals surface area contributed by atoms with Gasteiger partial charge in [0.1, 0.15) is 28.0 Å². The zero-order chi connectivity index (χ0) is 24.2. The summed E-state index contributed by atoms with van der Waals surface area (Å²) < 4.78 is 11.0. The molecule has 2 aromatic carbocycles. The smallest absolute Gasteiger partial charge is 0.310 e. The Morgan fingerprint density at radius 1 is 1.12 bits per heavy atom. The standard InChI is InChI=1S/C26H33Cl2NO4.ClH/c1-5-23(31)33-22-11-10-21(24(27)25(22)28)32-16(2)20(30)15-29-26(3,4)14-17-12-18-8-6-7-9-19(18)13-17;/h6-11,16-17,20,29-30H,5,12-15H2,1-4H3;1H/t16-,20-;/m1./s1. The van der Waals surface area contributed by atoms with Crippen LogP contribution in [0, 0.1) is 5.92 Å². The summed E-state index contributed by atoms with van der Waals surface area (Å²) in [4.78, 5) is 11.5. The van der Waals surface area contributed by atoms with Crippen molar-refractivity contribution < 1.29 is 19.4 Å². The van der Waals surface area contributed by atoms with Gasteiger partial charge in [-0.1, -0.05) is 54.4 Å². The number of carbonyl (C=O) groups excluding carboxylic acids is 1. The van der Waals surface area contributed by atoms with Crippen molar-refractivity contribution in [3.8, 4) is 11.5 Å². The highest BCUT2D eigenvalue weighted by molar-refractivity contribution is 6.44. The van der Waals surface area contributed by atoms with Crippen LogP contribution in [0.2, 0.25) is 10.0 Å². The minimum absolute atomic E-state index is 0. The molecule has 2 aromatic rings. The molecule has 0 radical (unpaired) electrons. The number of hydrogen-bond donors (Lipinski definition) is 2. The van der Waals surface area contributed by atoms with Crippen LogP contribution in [0.1, 0.15) is 51.7 Å². The Morgan fingerprint density at radius 3 is 2.26 bits per heavy atom. The number of hydrogen-bond acceptors (Lipinski definition) is 5. The lowest BCUT2D eigenvalue weighted by atomic mass is 9.88. The predicted octanol–water partition coefficient (Wildman–Crippen LogP) is 6.03. The van der Waals surface area contributed by atoms with Gasteiger partial charge >= 0.3 is 5.97 Å². The molecule has 5 nitrogen and oxygen atoms in total. The molecule has 0 fully saturated rings. The molecule has 0 saturated carbocycles. The Balaban J connectivity index is 0.00000408. The first-order valence-corrected chi connectivity index (χ1v) is 12.2. The van der Waals surface area contributed by atoms with E-state index < -0.39 is 18.2 Å². The summed E-state index contributed by atoms with van der Waals surface area (Å²) in [5.74, 6) is 0.705. The van der Waals surface area contributed by atoms with Crippen LogP contribution in [0.3, 0.4) is 0 Å². The van der Waals surface area contributed by atoms with E-state index in [1.807, 2.05) is 0 Å². The van der Waals surface area contributed by atoms with E-state index in [4.69, 9.17) is 32.7 Å². The van der Waals surface area contributed by atoms with Crippen molar-refractivity contribution >= 4 is 41.6 Å². The number of halogens is 3. The maximum atomic E-state index is 11.5. The Kier molecular flexibility index (Phi) is 10.5. The van der Waals surface area contributed by atoms with Crippen molar-refractivity contribution in [1.82, 2.24) is 5.32 Å². The Labute approximate surface area is 218 Å². The maximum Gasteiger partial charge on any atom is 0.310 e. The van der Waals surface area contributed by atoms with Crippen LogP contribution in [-0.4, -0.2) is 35.4 Å². The summed E-state index contributed by atoms with van der Waals surface area (Å²) >= 11 is 12.5. The van der Waals surface area contributed by atoms with Crippen molar-refractivity contribution in [2.45, 2.75) is 71.1 Å². The summed E-state index contributed by atoms with van der Waals surface area (Å²) in [6.45, 7) is 8.19. The van der Waals surface area contributed by atoms with Crippen molar-refractivity contribution in [2.24, 2.45) is 5.92 Å². The Hall–Kier alpha value is -1.50. The van der Waals surface area contributed by atoms with Crippen LogP contribution in [0.5, 0.6) is 11.5 Å². The van der Waals surface area contributed by atoms with Crippen LogP contribution in [-0.2, 0) is 17.6 Å². The Bertz CT molecular complexity index is 958. The van der Waals surface area contributed by atoms with Gasteiger partial charge < -0.3 is 19.9 Å². The number of aliphatic hydroxyl groups excluding tert-OH is 1. The van der Waals surface area contributed by atoms with E-state index in [9.17, 15) is 9.90 Å². The number of benzene rings is 2. The number of carbonyl (C=O) groups is 1. The second-order valence-corrected chi connectivity index (χ2v) is 10.2. The molecule has 0 aliphatic heterocycles.